The van der Waals surface area contributed by atoms with Gasteiger partial charge < -0.3 is 19.7 Å². The Bertz CT molecular complexity index is 921. The lowest BCUT2D eigenvalue weighted by atomic mass is 10.2. The summed E-state index contributed by atoms with van der Waals surface area (Å²) in [5.74, 6) is -0.169. The third-order valence-corrected chi connectivity index (χ3v) is 7.85. The van der Waals surface area contributed by atoms with Crippen molar-refractivity contribution in [2.45, 2.75) is 37.4 Å². The molecule has 0 bridgehead atoms. The van der Waals surface area contributed by atoms with Crippen molar-refractivity contribution in [3.05, 3.63) is 29.8 Å². The first-order valence-electron chi connectivity index (χ1n) is 11.7. The summed E-state index contributed by atoms with van der Waals surface area (Å²) in [7, 11) is -2.02. The van der Waals surface area contributed by atoms with Crippen molar-refractivity contribution in [3.63, 3.8) is 0 Å². The van der Waals surface area contributed by atoms with Crippen LogP contribution in [0.15, 0.2) is 29.2 Å². The molecule has 190 valence electrons. The number of morpholine rings is 1. The number of amides is 2. The zero-order chi connectivity index (χ0) is 24.7. The number of ether oxygens (including phenoxy) is 2. The fourth-order valence-corrected chi connectivity index (χ4v) is 5.83. The molecular formula is C23H36N4O6S. The van der Waals surface area contributed by atoms with Crippen LogP contribution in [0.2, 0.25) is 0 Å². The van der Waals surface area contributed by atoms with E-state index in [1.54, 1.807) is 24.1 Å². The highest BCUT2D eigenvalue weighted by Crippen LogP contribution is 2.22. The summed E-state index contributed by atoms with van der Waals surface area (Å²) < 4.78 is 38.1. The molecule has 11 heteroatoms. The topological polar surface area (TPSA) is 108 Å². The second kappa shape index (κ2) is 12.1. The molecule has 0 radical (unpaired) electrons. The molecule has 2 unspecified atom stereocenters. The Labute approximate surface area is 202 Å². The number of hydrogen-bond acceptors (Lipinski definition) is 7. The van der Waals surface area contributed by atoms with Crippen LogP contribution >= 0.6 is 0 Å². The zero-order valence-electron chi connectivity index (χ0n) is 20.2. The second-order valence-corrected chi connectivity index (χ2v) is 10.8. The fraction of sp³-hybridized carbons (Fsp3) is 0.652. The number of carbonyl (C=O) groups is 2. The van der Waals surface area contributed by atoms with E-state index in [9.17, 15) is 18.0 Å². The molecule has 2 amide bonds. The Kier molecular flexibility index (Phi) is 9.43. The number of nitrogens with zero attached hydrogens (tertiary/aromatic N) is 3. The number of piperazine rings is 1. The number of rotatable bonds is 9. The van der Waals surface area contributed by atoms with Crippen LogP contribution in [0.5, 0.6) is 0 Å². The highest BCUT2D eigenvalue weighted by molar-refractivity contribution is 7.89. The summed E-state index contributed by atoms with van der Waals surface area (Å²) in [4.78, 5) is 28.9. The van der Waals surface area contributed by atoms with Crippen LogP contribution < -0.4 is 5.32 Å². The van der Waals surface area contributed by atoms with Gasteiger partial charge in [0.2, 0.25) is 15.9 Å². The van der Waals surface area contributed by atoms with E-state index < -0.39 is 10.0 Å². The van der Waals surface area contributed by atoms with E-state index in [0.29, 0.717) is 64.5 Å². The Morgan fingerprint density at radius 2 is 1.68 bits per heavy atom. The van der Waals surface area contributed by atoms with Crippen molar-refractivity contribution in [3.8, 4) is 0 Å². The normalized spacial score (nSPS) is 22.5. The van der Waals surface area contributed by atoms with Gasteiger partial charge in [0.25, 0.3) is 5.91 Å². The average molecular weight is 497 g/mol. The first kappa shape index (κ1) is 26.6. The minimum Gasteiger partial charge on any atom is -0.385 e. The molecule has 1 aromatic carbocycles. The third kappa shape index (κ3) is 6.98. The predicted octanol–water partition coefficient (Wildman–Crippen LogP) is 0.395. The Balaban J connectivity index is 1.51. The van der Waals surface area contributed by atoms with Crippen LogP contribution in [0, 0.1) is 0 Å². The van der Waals surface area contributed by atoms with Gasteiger partial charge in [-0.25, -0.2) is 8.42 Å². The minimum absolute atomic E-state index is 0.0308. The molecule has 34 heavy (non-hydrogen) atoms. The molecule has 0 aliphatic carbocycles. The van der Waals surface area contributed by atoms with Crippen molar-refractivity contribution < 1.29 is 27.5 Å². The SMILES string of the molecule is COCCCNC(=O)CN1CCN(C(=O)c2ccc(S(=O)(=O)N3CC(C)OC(C)C3)cc2)CC1. The van der Waals surface area contributed by atoms with Gasteiger partial charge in [-0.1, -0.05) is 0 Å². The van der Waals surface area contributed by atoms with Gasteiger partial charge in [0, 0.05) is 65.1 Å². The molecule has 2 aliphatic rings. The molecular weight excluding hydrogens is 460 g/mol. The van der Waals surface area contributed by atoms with Crippen LogP contribution in [0.1, 0.15) is 30.6 Å². The molecule has 2 fully saturated rings. The smallest absolute Gasteiger partial charge is 0.253 e. The maximum absolute atomic E-state index is 13.0. The minimum atomic E-state index is -3.65. The van der Waals surface area contributed by atoms with Crippen LogP contribution in [0.25, 0.3) is 0 Å². The Morgan fingerprint density at radius 3 is 2.26 bits per heavy atom. The summed E-state index contributed by atoms with van der Waals surface area (Å²) in [6, 6.07) is 6.14. The van der Waals surface area contributed by atoms with E-state index in [1.165, 1.54) is 16.4 Å². The first-order valence-corrected chi connectivity index (χ1v) is 13.2. The standard InChI is InChI=1S/C23H36N4O6S/c1-18-15-27(16-19(2)33-18)34(30,31)21-7-5-20(6-8-21)23(29)26-12-10-25(11-13-26)17-22(28)24-9-4-14-32-3/h5-8,18-19H,4,9-17H2,1-3H3,(H,24,28). The molecule has 10 nitrogen and oxygen atoms in total. The monoisotopic (exact) mass is 496 g/mol. The van der Waals surface area contributed by atoms with Gasteiger partial charge >= 0.3 is 0 Å². The molecule has 0 spiro atoms. The van der Waals surface area contributed by atoms with Gasteiger partial charge in [0.15, 0.2) is 0 Å². The Morgan fingerprint density at radius 1 is 1.06 bits per heavy atom. The molecule has 2 atom stereocenters. The van der Waals surface area contributed by atoms with Gasteiger partial charge in [-0.05, 0) is 44.5 Å². The van der Waals surface area contributed by atoms with E-state index in [4.69, 9.17) is 9.47 Å². The van der Waals surface area contributed by atoms with Crippen molar-refractivity contribution >= 4 is 21.8 Å². The van der Waals surface area contributed by atoms with E-state index in [0.717, 1.165) is 6.42 Å². The average Bonchev–Trinajstić information content (AvgIpc) is 2.81. The molecule has 1 N–H and O–H groups in total. The summed E-state index contributed by atoms with van der Waals surface area (Å²) in [6.07, 6.45) is 0.439. The molecule has 0 saturated carbocycles. The molecule has 2 aliphatic heterocycles. The lowest BCUT2D eigenvalue weighted by molar-refractivity contribution is -0.122. The van der Waals surface area contributed by atoms with E-state index in [-0.39, 0.29) is 28.9 Å². The largest absolute Gasteiger partial charge is 0.385 e. The number of sulfonamides is 1. The van der Waals surface area contributed by atoms with Gasteiger partial charge in [0.1, 0.15) is 0 Å². The zero-order valence-corrected chi connectivity index (χ0v) is 21.1. The van der Waals surface area contributed by atoms with E-state index in [2.05, 4.69) is 5.32 Å². The molecule has 2 saturated heterocycles. The van der Waals surface area contributed by atoms with E-state index >= 15 is 0 Å². The van der Waals surface area contributed by atoms with Crippen LogP contribution in [-0.2, 0) is 24.3 Å². The van der Waals surface area contributed by atoms with Crippen molar-refractivity contribution in [2.75, 3.05) is 66.1 Å². The fourth-order valence-electron chi connectivity index (χ4n) is 4.24. The second-order valence-electron chi connectivity index (χ2n) is 8.87. The number of hydrogen-bond donors (Lipinski definition) is 1. The Hall–Kier alpha value is -2.05. The summed E-state index contributed by atoms with van der Waals surface area (Å²) in [5.41, 5.74) is 0.451. The molecule has 2 heterocycles. The molecule has 0 aromatic heterocycles. The third-order valence-electron chi connectivity index (χ3n) is 6.00. The quantitative estimate of drug-likeness (QED) is 0.493. The van der Waals surface area contributed by atoms with E-state index in [1.807, 2.05) is 18.7 Å². The van der Waals surface area contributed by atoms with Gasteiger partial charge in [-0.3, -0.25) is 14.5 Å². The van der Waals surface area contributed by atoms with Crippen molar-refractivity contribution in [1.29, 1.82) is 0 Å². The maximum atomic E-state index is 13.0. The molecule has 3 rings (SSSR count). The summed E-state index contributed by atoms with van der Waals surface area (Å²) in [5, 5.41) is 2.87. The van der Waals surface area contributed by atoms with Crippen LogP contribution in [-0.4, -0.2) is 113 Å². The number of benzene rings is 1. The van der Waals surface area contributed by atoms with Gasteiger partial charge in [-0.2, -0.15) is 4.31 Å². The van der Waals surface area contributed by atoms with Crippen molar-refractivity contribution in [2.24, 2.45) is 0 Å². The highest BCUT2D eigenvalue weighted by Gasteiger charge is 2.32. The number of nitrogens with one attached hydrogen (secondary N) is 1. The maximum Gasteiger partial charge on any atom is 0.253 e. The van der Waals surface area contributed by atoms with Crippen molar-refractivity contribution in [1.82, 2.24) is 19.4 Å². The highest BCUT2D eigenvalue weighted by atomic mass is 32.2. The number of carbonyl (C=O) groups excluding carboxylic acids is 2. The predicted molar refractivity (Wildman–Crippen MR) is 127 cm³/mol. The lowest BCUT2D eigenvalue weighted by Crippen LogP contribution is -2.51. The summed E-state index contributed by atoms with van der Waals surface area (Å²) in [6.45, 7) is 8.07. The van der Waals surface area contributed by atoms with Gasteiger partial charge in [0.05, 0.1) is 23.6 Å². The van der Waals surface area contributed by atoms with Crippen LogP contribution in [0.4, 0.5) is 0 Å². The summed E-state index contributed by atoms with van der Waals surface area (Å²) >= 11 is 0. The number of methoxy groups -OCH3 is 1. The van der Waals surface area contributed by atoms with Crippen LogP contribution in [0.3, 0.4) is 0 Å². The first-order chi connectivity index (χ1) is 16.2. The van der Waals surface area contributed by atoms with Gasteiger partial charge in [-0.15, -0.1) is 0 Å². The molecule has 1 aromatic rings. The lowest BCUT2D eigenvalue weighted by Gasteiger charge is -2.35.